The minimum atomic E-state index is -0.186. The topological polar surface area (TPSA) is 96.0 Å². The number of tetrazole rings is 1. The predicted molar refractivity (Wildman–Crippen MR) is 88.1 cm³/mol. The molecule has 2 aromatic rings. The van der Waals surface area contributed by atoms with E-state index in [2.05, 4.69) is 25.5 Å². The van der Waals surface area contributed by atoms with Gasteiger partial charge in [-0.25, -0.2) is 4.98 Å². The van der Waals surface area contributed by atoms with Gasteiger partial charge < -0.3 is 14.5 Å². The molecule has 0 amide bonds. The van der Waals surface area contributed by atoms with E-state index in [1.807, 2.05) is 19.0 Å². The monoisotopic (exact) mass is 330 g/mol. The molecular weight excluding hydrogens is 308 g/mol. The zero-order chi connectivity index (χ0) is 16.5. The Hall–Kier alpha value is -2.29. The Kier molecular flexibility index (Phi) is 4.01. The second kappa shape index (κ2) is 6.31. The van der Waals surface area contributed by atoms with Gasteiger partial charge in [-0.2, -0.15) is 10.2 Å². The highest BCUT2D eigenvalue weighted by Gasteiger charge is 2.29. The number of aryl methyl sites for hydroxylation is 1. The lowest BCUT2D eigenvalue weighted by molar-refractivity contribution is 0.0337. The Morgan fingerprint density at radius 1 is 1.21 bits per heavy atom. The van der Waals surface area contributed by atoms with E-state index in [0.29, 0.717) is 19.0 Å². The predicted octanol–water partition coefficient (Wildman–Crippen LogP) is 0.512. The van der Waals surface area contributed by atoms with Gasteiger partial charge in [-0.1, -0.05) is 5.21 Å². The maximum absolute atomic E-state index is 5.82. The molecule has 1 fully saturated rings. The van der Waals surface area contributed by atoms with E-state index in [1.54, 1.807) is 0 Å². The number of aromatic nitrogens is 6. The highest BCUT2D eigenvalue weighted by molar-refractivity contribution is 5.54. The van der Waals surface area contributed by atoms with Crippen molar-refractivity contribution in [2.45, 2.75) is 31.8 Å². The van der Waals surface area contributed by atoms with Crippen LogP contribution in [0.15, 0.2) is 0 Å². The first-order valence-corrected chi connectivity index (χ1v) is 8.39. The summed E-state index contributed by atoms with van der Waals surface area (Å²) >= 11 is 0. The van der Waals surface area contributed by atoms with Crippen LogP contribution in [0.2, 0.25) is 0 Å². The summed E-state index contributed by atoms with van der Waals surface area (Å²) < 4.78 is 5.82. The molecule has 0 bridgehead atoms. The molecule has 3 heterocycles. The molecule has 2 aromatic heterocycles. The molecule has 4 rings (SSSR count). The summed E-state index contributed by atoms with van der Waals surface area (Å²) in [6, 6.07) is 0. The second-order valence-electron chi connectivity index (χ2n) is 6.45. The van der Waals surface area contributed by atoms with Gasteiger partial charge in [-0.15, -0.1) is 10.2 Å². The van der Waals surface area contributed by atoms with Crippen LogP contribution in [-0.2, 0) is 17.6 Å². The van der Waals surface area contributed by atoms with Crippen LogP contribution in [0.4, 0.5) is 11.8 Å². The van der Waals surface area contributed by atoms with Gasteiger partial charge in [0, 0.05) is 26.2 Å². The maximum Gasteiger partial charge on any atom is 0.227 e. The Bertz CT molecular complexity index is 702. The maximum atomic E-state index is 5.82. The highest BCUT2D eigenvalue weighted by atomic mass is 16.5. The fourth-order valence-corrected chi connectivity index (χ4v) is 3.33. The summed E-state index contributed by atoms with van der Waals surface area (Å²) in [5.41, 5.74) is 2.48. The summed E-state index contributed by atoms with van der Waals surface area (Å²) in [6.07, 6.45) is 4.29. The quantitative estimate of drug-likeness (QED) is 0.870. The summed E-state index contributed by atoms with van der Waals surface area (Å²) in [7, 11) is 3.96. The Labute approximate surface area is 140 Å². The fourth-order valence-electron chi connectivity index (χ4n) is 3.33. The van der Waals surface area contributed by atoms with E-state index in [0.717, 1.165) is 31.2 Å². The highest BCUT2D eigenvalue weighted by Crippen LogP contribution is 2.32. The van der Waals surface area contributed by atoms with Crippen molar-refractivity contribution in [1.29, 1.82) is 0 Å². The average Bonchev–Trinajstić information content (AvgIpc) is 3.15. The Morgan fingerprint density at radius 3 is 2.88 bits per heavy atom. The van der Waals surface area contributed by atoms with Gasteiger partial charge in [0.25, 0.3) is 0 Å². The third kappa shape index (κ3) is 2.79. The average molecular weight is 330 g/mol. The minimum Gasteiger partial charge on any atom is -0.366 e. The first-order chi connectivity index (χ1) is 11.7. The van der Waals surface area contributed by atoms with Crippen LogP contribution in [0.25, 0.3) is 0 Å². The van der Waals surface area contributed by atoms with Gasteiger partial charge in [-0.3, -0.25) is 0 Å². The number of morpholine rings is 1. The lowest BCUT2D eigenvalue weighted by Crippen LogP contribution is -2.40. The molecule has 0 aromatic carbocycles. The van der Waals surface area contributed by atoms with Crippen molar-refractivity contribution in [3.8, 4) is 0 Å². The SMILES string of the molecule is CN(C)c1nc2c(c(N3CCOC(c4nn[nH]n4)C3)n1)CCCC2. The molecule has 1 aliphatic carbocycles. The van der Waals surface area contributed by atoms with Crippen molar-refractivity contribution in [3.63, 3.8) is 0 Å². The third-order valence-corrected chi connectivity index (χ3v) is 4.57. The van der Waals surface area contributed by atoms with Crippen molar-refractivity contribution in [1.82, 2.24) is 30.6 Å². The van der Waals surface area contributed by atoms with E-state index < -0.39 is 0 Å². The Morgan fingerprint density at radius 2 is 2.08 bits per heavy atom. The molecule has 1 aliphatic heterocycles. The summed E-state index contributed by atoms with van der Waals surface area (Å²) in [5.74, 6) is 2.41. The zero-order valence-corrected chi connectivity index (χ0v) is 14.1. The number of nitrogens with zero attached hydrogens (tertiary/aromatic N) is 7. The van der Waals surface area contributed by atoms with Gasteiger partial charge in [-0.05, 0) is 25.7 Å². The Balaban J connectivity index is 1.68. The number of nitrogens with one attached hydrogen (secondary N) is 1. The van der Waals surface area contributed by atoms with Gasteiger partial charge in [0.15, 0.2) is 0 Å². The number of rotatable bonds is 3. The molecule has 1 N–H and O–H groups in total. The lowest BCUT2D eigenvalue weighted by Gasteiger charge is -2.35. The first kappa shape index (κ1) is 15.3. The molecule has 2 aliphatic rings. The molecule has 9 heteroatoms. The van der Waals surface area contributed by atoms with Crippen LogP contribution in [0.1, 0.15) is 36.0 Å². The van der Waals surface area contributed by atoms with Crippen LogP contribution < -0.4 is 9.80 Å². The van der Waals surface area contributed by atoms with Crippen molar-refractivity contribution < 1.29 is 4.74 Å². The minimum absolute atomic E-state index is 0.186. The molecule has 1 atom stereocenters. The summed E-state index contributed by atoms with van der Waals surface area (Å²) in [5, 5.41) is 14.3. The number of ether oxygens (including phenoxy) is 1. The van der Waals surface area contributed by atoms with Gasteiger partial charge in [0.1, 0.15) is 11.9 Å². The molecule has 128 valence electrons. The van der Waals surface area contributed by atoms with Crippen LogP contribution >= 0.6 is 0 Å². The van der Waals surface area contributed by atoms with Crippen LogP contribution in [0.3, 0.4) is 0 Å². The van der Waals surface area contributed by atoms with Crippen LogP contribution in [-0.4, -0.2) is 64.4 Å². The van der Waals surface area contributed by atoms with Crippen molar-refractivity contribution in [2.75, 3.05) is 43.6 Å². The number of aromatic amines is 1. The largest absolute Gasteiger partial charge is 0.366 e. The molecule has 9 nitrogen and oxygen atoms in total. The van der Waals surface area contributed by atoms with Gasteiger partial charge in [0.2, 0.25) is 11.8 Å². The van der Waals surface area contributed by atoms with E-state index in [9.17, 15) is 0 Å². The van der Waals surface area contributed by atoms with E-state index in [-0.39, 0.29) is 6.10 Å². The van der Waals surface area contributed by atoms with E-state index in [4.69, 9.17) is 14.7 Å². The number of hydrogen-bond acceptors (Lipinski definition) is 8. The third-order valence-electron chi connectivity index (χ3n) is 4.57. The molecule has 1 saturated heterocycles. The van der Waals surface area contributed by atoms with Gasteiger partial charge in [0.05, 0.1) is 18.8 Å². The lowest BCUT2D eigenvalue weighted by atomic mass is 9.96. The van der Waals surface area contributed by atoms with E-state index in [1.165, 1.54) is 24.1 Å². The van der Waals surface area contributed by atoms with Crippen molar-refractivity contribution >= 4 is 11.8 Å². The number of anilines is 2. The molecule has 0 saturated carbocycles. The van der Waals surface area contributed by atoms with Crippen LogP contribution in [0, 0.1) is 0 Å². The van der Waals surface area contributed by atoms with Gasteiger partial charge >= 0.3 is 0 Å². The van der Waals surface area contributed by atoms with Crippen molar-refractivity contribution in [2.24, 2.45) is 0 Å². The summed E-state index contributed by atoms with van der Waals surface area (Å²) in [4.78, 5) is 13.8. The molecule has 1 unspecified atom stereocenters. The second-order valence-corrected chi connectivity index (χ2v) is 6.45. The fraction of sp³-hybridized carbons (Fsp3) is 0.667. The summed E-state index contributed by atoms with van der Waals surface area (Å²) in [6.45, 7) is 2.11. The zero-order valence-electron chi connectivity index (χ0n) is 14.1. The number of hydrogen-bond donors (Lipinski definition) is 1. The molecule has 0 radical (unpaired) electrons. The molecule has 24 heavy (non-hydrogen) atoms. The normalized spacial score (nSPS) is 20.8. The molecule has 0 spiro atoms. The number of H-pyrrole nitrogens is 1. The molecular formula is C15H22N8O. The first-order valence-electron chi connectivity index (χ1n) is 8.39. The number of fused-ring (bicyclic) bond motifs is 1. The van der Waals surface area contributed by atoms with E-state index >= 15 is 0 Å². The van der Waals surface area contributed by atoms with Crippen LogP contribution in [0.5, 0.6) is 0 Å². The standard InChI is InChI=1S/C15H22N8O/c1-22(2)15-16-11-6-4-3-5-10(11)14(17-15)23-7-8-24-12(9-23)13-18-20-21-19-13/h12H,3-9H2,1-2H3,(H,18,19,20,21). The van der Waals surface area contributed by atoms with Crippen molar-refractivity contribution in [3.05, 3.63) is 17.1 Å². The smallest absolute Gasteiger partial charge is 0.227 e.